The average Bonchev–Trinajstić information content (AvgIpc) is 2.82. The molecule has 0 aromatic heterocycles. The number of amides is 2. The zero-order valence-electron chi connectivity index (χ0n) is 21.5. The SMILES string of the molecule is CCOc1ccc(N(CC(=O)N(Cc2ccccc2Cl)[C@@H](CC)C(=O)NCC(C)C)S(C)(=O)=O)cc1. The molecular weight excluding hydrogens is 502 g/mol. The van der Waals surface area contributed by atoms with Gasteiger partial charge < -0.3 is 15.0 Å². The lowest BCUT2D eigenvalue weighted by Crippen LogP contribution is -2.52. The largest absolute Gasteiger partial charge is 0.494 e. The van der Waals surface area contributed by atoms with Crippen molar-refractivity contribution in [3.8, 4) is 5.75 Å². The van der Waals surface area contributed by atoms with E-state index in [1.165, 1.54) is 4.90 Å². The van der Waals surface area contributed by atoms with Gasteiger partial charge in [-0.15, -0.1) is 0 Å². The summed E-state index contributed by atoms with van der Waals surface area (Å²) in [6, 6.07) is 12.7. The minimum atomic E-state index is -3.81. The monoisotopic (exact) mass is 537 g/mol. The Morgan fingerprint density at radius 1 is 1.06 bits per heavy atom. The average molecular weight is 538 g/mol. The highest BCUT2D eigenvalue weighted by atomic mass is 35.5. The number of rotatable bonds is 13. The second-order valence-corrected chi connectivity index (χ2v) is 11.2. The molecule has 198 valence electrons. The Bertz CT molecular complexity index is 1120. The van der Waals surface area contributed by atoms with Crippen molar-refractivity contribution in [1.29, 1.82) is 0 Å². The third-order valence-corrected chi connectivity index (χ3v) is 6.99. The first kappa shape index (κ1) is 29.5. The molecule has 0 heterocycles. The van der Waals surface area contributed by atoms with Crippen molar-refractivity contribution < 1.29 is 22.7 Å². The molecule has 36 heavy (non-hydrogen) atoms. The first-order valence-corrected chi connectivity index (χ1v) is 14.2. The van der Waals surface area contributed by atoms with E-state index >= 15 is 0 Å². The van der Waals surface area contributed by atoms with Crippen LogP contribution in [0.2, 0.25) is 5.02 Å². The molecule has 0 fully saturated rings. The number of nitrogens with zero attached hydrogens (tertiary/aromatic N) is 2. The van der Waals surface area contributed by atoms with Crippen LogP contribution in [0.25, 0.3) is 0 Å². The first-order valence-electron chi connectivity index (χ1n) is 12.0. The zero-order valence-corrected chi connectivity index (χ0v) is 23.1. The maximum atomic E-state index is 13.7. The van der Waals surface area contributed by atoms with Gasteiger partial charge in [-0.05, 0) is 55.2 Å². The van der Waals surface area contributed by atoms with E-state index < -0.39 is 28.5 Å². The Kier molecular flexibility index (Phi) is 11.0. The van der Waals surface area contributed by atoms with Gasteiger partial charge >= 0.3 is 0 Å². The van der Waals surface area contributed by atoms with Crippen molar-refractivity contribution in [1.82, 2.24) is 10.2 Å². The van der Waals surface area contributed by atoms with Crippen molar-refractivity contribution in [2.24, 2.45) is 5.92 Å². The molecule has 1 atom stereocenters. The first-order chi connectivity index (χ1) is 17.0. The number of ether oxygens (including phenoxy) is 1. The summed E-state index contributed by atoms with van der Waals surface area (Å²) in [5.41, 5.74) is 0.985. The lowest BCUT2D eigenvalue weighted by atomic mass is 10.1. The number of hydrogen-bond acceptors (Lipinski definition) is 5. The van der Waals surface area contributed by atoms with Crippen LogP contribution < -0.4 is 14.4 Å². The summed E-state index contributed by atoms with van der Waals surface area (Å²) in [6.07, 6.45) is 1.39. The van der Waals surface area contributed by atoms with E-state index in [1.807, 2.05) is 27.7 Å². The Labute approximate surface area is 219 Å². The smallest absolute Gasteiger partial charge is 0.244 e. The Hall–Kier alpha value is -2.78. The van der Waals surface area contributed by atoms with Crippen LogP contribution in [0.3, 0.4) is 0 Å². The van der Waals surface area contributed by atoms with Gasteiger partial charge in [-0.2, -0.15) is 0 Å². The summed E-state index contributed by atoms with van der Waals surface area (Å²) in [5.74, 6) is 0.0214. The second kappa shape index (κ2) is 13.5. The summed E-state index contributed by atoms with van der Waals surface area (Å²) >= 11 is 6.36. The molecule has 0 aliphatic carbocycles. The molecule has 0 saturated heterocycles. The molecule has 0 aliphatic rings. The molecule has 2 aromatic carbocycles. The molecule has 0 unspecified atom stereocenters. The van der Waals surface area contributed by atoms with Gasteiger partial charge in [0.25, 0.3) is 0 Å². The highest BCUT2D eigenvalue weighted by Gasteiger charge is 2.32. The van der Waals surface area contributed by atoms with E-state index in [1.54, 1.807) is 48.5 Å². The van der Waals surface area contributed by atoms with Gasteiger partial charge in [-0.25, -0.2) is 8.42 Å². The van der Waals surface area contributed by atoms with Crippen LogP contribution in [0.5, 0.6) is 5.75 Å². The molecule has 10 heteroatoms. The molecule has 2 rings (SSSR count). The second-order valence-electron chi connectivity index (χ2n) is 8.87. The Morgan fingerprint density at radius 2 is 1.69 bits per heavy atom. The molecule has 8 nitrogen and oxygen atoms in total. The summed E-state index contributed by atoms with van der Waals surface area (Å²) in [6.45, 7) is 8.16. The Balaban J connectivity index is 2.41. The third-order valence-electron chi connectivity index (χ3n) is 5.48. The predicted molar refractivity (Wildman–Crippen MR) is 144 cm³/mol. The molecule has 0 radical (unpaired) electrons. The number of sulfonamides is 1. The van der Waals surface area contributed by atoms with Crippen molar-refractivity contribution in [3.05, 3.63) is 59.1 Å². The third kappa shape index (κ3) is 8.41. The van der Waals surface area contributed by atoms with Crippen LogP contribution >= 0.6 is 11.6 Å². The maximum Gasteiger partial charge on any atom is 0.244 e. The number of carbonyl (C=O) groups excluding carboxylic acids is 2. The van der Waals surface area contributed by atoms with Crippen LogP contribution in [0.1, 0.15) is 39.7 Å². The number of carbonyl (C=O) groups is 2. The number of halogens is 1. The highest BCUT2D eigenvalue weighted by molar-refractivity contribution is 7.92. The molecule has 0 saturated carbocycles. The Morgan fingerprint density at radius 3 is 2.22 bits per heavy atom. The lowest BCUT2D eigenvalue weighted by Gasteiger charge is -2.33. The predicted octanol–water partition coefficient (Wildman–Crippen LogP) is 4.08. The number of nitrogens with one attached hydrogen (secondary N) is 1. The van der Waals surface area contributed by atoms with Crippen LogP contribution in [0.15, 0.2) is 48.5 Å². The van der Waals surface area contributed by atoms with Gasteiger partial charge in [-0.1, -0.05) is 50.6 Å². The fourth-order valence-corrected chi connectivity index (χ4v) is 4.69. The van der Waals surface area contributed by atoms with E-state index in [-0.39, 0.29) is 18.4 Å². The normalized spacial score (nSPS) is 12.2. The number of anilines is 1. The molecule has 1 N–H and O–H groups in total. The van der Waals surface area contributed by atoms with E-state index in [9.17, 15) is 18.0 Å². The van der Waals surface area contributed by atoms with E-state index in [0.29, 0.717) is 41.6 Å². The van der Waals surface area contributed by atoms with Crippen LogP contribution in [-0.4, -0.2) is 57.1 Å². The molecule has 2 amide bonds. The molecule has 0 bridgehead atoms. The lowest BCUT2D eigenvalue weighted by molar-refractivity contribution is -0.140. The fraction of sp³-hybridized carbons (Fsp3) is 0.462. The summed E-state index contributed by atoms with van der Waals surface area (Å²) in [5, 5.41) is 3.35. The summed E-state index contributed by atoms with van der Waals surface area (Å²) in [7, 11) is -3.81. The van der Waals surface area contributed by atoms with E-state index in [2.05, 4.69) is 5.32 Å². The van der Waals surface area contributed by atoms with Gasteiger partial charge in [0.15, 0.2) is 0 Å². The highest BCUT2D eigenvalue weighted by Crippen LogP contribution is 2.24. The van der Waals surface area contributed by atoms with Gasteiger partial charge in [-0.3, -0.25) is 13.9 Å². The van der Waals surface area contributed by atoms with Crippen LogP contribution in [0.4, 0.5) is 5.69 Å². The van der Waals surface area contributed by atoms with Gasteiger partial charge in [0.05, 0.1) is 18.6 Å². The number of benzene rings is 2. The van der Waals surface area contributed by atoms with Crippen LogP contribution in [0, 0.1) is 5.92 Å². The minimum absolute atomic E-state index is 0.0625. The van der Waals surface area contributed by atoms with Crippen LogP contribution in [-0.2, 0) is 26.2 Å². The topological polar surface area (TPSA) is 96.0 Å². The molecule has 0 aliphatic heterocycles. The quantitative estimate of drug-likeness (QED) is 0.415. The minimum Gasteiger partial charge on any atom is -0.494 e. The van der Waals surface area contributed by atoms with E-state index in [0.717, 1.165) is 10.6 Å². The van der Waals surface area contributed by atoms with Gasteiger partial charge in [0.1, 0.15) is 18.3 Å². The fourth-order valence-electron chi connectivity index (χ4n) is 3.64. The molecular formula is C26H36ClN3O5S. The summed E-state index contributed by atoms with van der Waals surface area (Å²) < 4.78 is 31.8. The van der Waals surface area contributed by atoms with Crippen molar-refractivity contribution in [2.45, 2.75) is 46.7 Å². The molecule has 0 spiro atoms. The van der Waals surface area contributed by atoms with E-state index in [4.69, 9.17) is 16.3 Å². The standard InChI is InChI=1S/C26H36ClN3O5S/c1-6-24(26(32)28-16-19(3)4)29(17-20-10-8-9-11-23(20)27)25(31)18-30(36(5,33)34)21-12-14-22(15-13-21)35-7-2/h8-15,19,24H,6-7,16-18H2,1-5H3,(H,28,32)/t24-/m0/s1. The zero-order chi connectivity index (χ0) is 26.9. The van der Waals surface area contributed by atoms with Gasteiger partial charge in [0.2, 0.25) is 21.8 Å². The molecule has 2 aromatic rings. The maximum absolute atomic E-state index is 13.7. The van der Waals surface area contributed by atoms with Crippen molar-refractivity contribution in [3.63, 3.8) is 0 Å². The van der Waals surface area contributed by atoms with Crippen molar-refractivity contribution >= 4 is 39.1 Å². The number of hydrogen-bond donors (Lipinski definition) is 1. The van der Waals surface area contributed by atoms with Gasteiger partial charge in [0, 0.05) is 18.1 Å². The van der Waals surface area contributed by atoms with Crippen molar-refractivity contribution in [2.75, 3.05) is 30.3 Å². The summed E-state index contributed by atoms with van der Waals surface area (Å²) in [4.78, 5) is 28.1.